The molecule has 23 heavy (non-hydrogen) atoms. The van der Waals surface area contributed by atoms with E-state index in [2.05, 4.69) is 10.6 Å². The summed E-state index contributed by atoms with van der Waals surface area (Å²) in [6.07, 6.45) is 0. The van der Waals surface area contributed by atoms with Gasteiger partial charge in [-0.25, -0.2) is 4.39 Å². The lowest BCUT2D eigenvalue weighted by Crippen LogP contribution is -2.12. The van der Waals surface area contributed by atoms with Gasteiger partial charge >= 0.3 is 0 Å². The van der Waals surface area contributed by atoms with Crippen LogP contribution in [-0.4, -0.2) is 11.8 Å². The van der Waals surface area contributed by atoms with Crippen LogP contribution in [0.1, 0.15) is 17.5 Å². The molecule has 2 amide bonds. The van der Waals surface area contributed by atoms with Crippen molar-refractivity contribution in [3.63, 3.8) is 0 Å². The number of hydrogen-bond acceptors (Lipinski definition) is 3. The summed E-state index contributed by atoms with van der Waals surface area (Å²) in [5, 5.41) is 5.78. The van der Waals surface area contributed by atoms with E-state index < -0.39 is 17.6 Å². The highest BCUT2D eigenvalue weighted by molar-refractivity contribution is 6.05. The van der Waals surface area contributed by atoms with Gasteiger partial charge in [0, 0.05) is 18.0 Å². The number of nitrogens with one attached hydrogen (secondary N) is 2. The predicted molar refractivity (Wildman–Crippen MR) is 84.9 cm³/mol. The average Bonchev–Trinajstić information content (AvgIpc) is 2.94. The molecule has 1 heterocycles. The van der Waals surface area contributed by atoms with Crippen LogP contribution in [0.5, 0.6) is 0 Å². The smallest absolute Gasteiger partial charge is 0.291 e. The van der Waals surface area contributed by atoms with E-state index in [9.17, 15) is 14.0 Å². The Balaban J connectivity index is 1.83. The van der Waals surface area contributed by atoms with E-state index in [0.29, 0.717) is 11.3 Å². The standard InChI is InChI=1S/C17H13FN2O3/c1-10(21)19-14-9-12(6-7-13(14)18)20-17(22)16-8-11-4-2-3-5-15(11)23-16/h2-9H,1H3,(H,19,21)(H,20,22). The number of carbonyl (C=O) groups is 2. The van der Waals surface area contributed by atoms with Crippen molar-refractivity contribution in [1.29, 1.82) is 0 Å². The molecule has 0 atom stereocenters. The van der Waals surface area contributed by atoms with Gasteiger partial charge in [0.1, 0.15) is 11.4 Å². The fourth-order valence-electron chi connectivity index (χ4n) is 2.17. The molecule has 3 aromatic rings. The molecule has 0 radical (unpaired) electrons. The third-order valence-electron chi connectivity index (χ3n) is 3.18. The van der Waals surface area contributed by atoms with Crippen LogP contribution in [-0.2, 0) is 4.79 Å². The second-order valence-corrected chi connectivity index (χ2v) is 4.98. The van der Waals surface area contributed by atoms with Crippen molar-refractivity contribution in [3.8, 4) is 0 Å². The van der Waals surface area contributed by atoms with Gasteiger partial charge in [-0.15, -0.1) is 0 Å². The summed E-state index contributed by atoms with van der Waals surface area (Å²) in [5.74, 6) is -1.29. The molecular formula is C17H13FN2O3. The van der Waals surface area contributed by atoms with Crippen molar-refractivity contribution in [2.75, 3.05) is 10.6 Å². The third kappa shape index (κ3) is 3.21. The molecule has 0 unspecified atom stereocenters. The van der Waals surface area contributed by atoms with Crippen molar-refractivity contribution >= 4 is 34.2 Å². The van der Waals surface area contributed by atoms with Gasteiger partial charge in [0.25, 0.3) is 5.91 Å². The van der Waals surface area contributed by atoms with Crippen molar-refractivity contribution in [2.45, 2.75) is 6.92 Å². The summed E-state index contributed by atoms with van der Waals surface area (Å²) in [4.78, 5) is 23.3. The molecule has 1 aromatic heterocycles. The van der Waals surface area contributed by atoms with Crippen LogP contribution in [0.3, 0.4) is 0 Å². The summed E-state index contributed by atoms with van der Waals surface area (Å²) in [6.45, 7) is 1.28. The number of carbonyl (C=O) groups excluding carboxylic acids is 2. The van der Waals surface area contributed by atoms with Crippen LogP contribution in [0, 0.1) is 5.82 Å². The van der Waals surface area contributed by atoms with E-state index in [-0.39, 0.29) is 11.4 Å². The molecule has 3 rings (SSSR count). The number of benzene rings is 2. The minimum Gasteiger partial charge on any atom is -0.451 e. The van der Waals surface area contributed by atoms with E-state index in [1.165, 1.54) is 25.1 Å². The van der Waals surface area contributed by atoms with Crippen molar-refractivity contribution in [3.05, 3.63) is 60.1 Å². The first-order chi connectivity index (χ1) is 11.0. The van der Waals surface area contributed by atoms with Gasteiger partial charge in [-0.05, 0) is 30.3 Å². The maximum absolute atomic E-state index is 13.6. The number of rotatable bonds is 3. The topological polar surface area (TPSA) is 71.3 Å². The van der Waals surface area contributed by atoms with Crippen molar-refractivity contribution in [1.82, 2.24) is 0 Å². The molecule has 5 nitrogen and oxygen atoms in total. The van der Waals surface area contributed by atoms with Crippen molar-refractivity contribution < 1.29 is 18.4 Å². The number of fused-ring (bicyclic) bond motifs is 1. The predicted octanol–water partition coefficient (Wildman–Crippen LogP) is 3.78. The van der Waals surface area contributed by atoms with E-state index in [0.717, 1.165) is 5.39 Å². The van der Waals surface area contributed by atoms with Gasteiger partial charge < -0.3 is 15.1 Å². The number of halogens is 1. The Morgan fingerprint density at radius 2 is 1.83 bits per heavy atom. The largest absolute Gasteiger partial charge is 0.451 e. The summed E-state index contributed by atoms with van der Waals surface area (Å²) in [5.41, 5.74) is 0.955. The van der Waals surface area contributed by atoms with Gasteiger partial charge in [-0.3, -0.25) is 9.59 Å². The normalized spacial score (nSPS) is 10.5. The minimum absolute atomic E-state index is 0.0000870. The Labute approximate surface area is 131 Å². The molecule has 2 N–H and O–H groups in total. The van der Waals surface area contributed by atoms with E-state index in [1.807, 2.05) is 18.2 Å². The number of anilines is 2. The Bertz CT molecular complexity index is 869. The summed E-state index contributed by atoms with van der Waals surface area (Å²) >= 11 is 0. The molecular weight excluding hydrogens is 299 g/mol. The molecule has 0 fully saturated rings. The highest BCUT2D eigenvalue weighted by Gasteiger charge is 2.13. The monoisotopic (exact) mass is 312 g/mol. The quantitative estimate of drug-likeness (QED) is 0.773. The van der Waals surface area contributed by atoms with Gasteiger partial charge in [0.2, 0.25) is 5.91 Å². The highest BCUT2D eigenvalue weighted by atomic mass is 19.1. The Morgan fingerprint density at radius 3 is 2.57 bits per heavy atom. The molecule has 0 saturated heterocycles. The zero-order chi connectivity index (χ0) is 16.4. The SMILES string of the molecule is CC(=O)Nc1cc(NC(=O)c2cc3ccccc3o2)ccc1F. The number of para-hydroxylation sites is 1. The molecule has 0 aliphatic heterocycles. The second kappa shape index (κ2) is 5.92. The van der Waals surface area contributed by atoms with Crippen LogP contribution in [0.25, 0.3) is 11.0 Å². The lowest BCUT2D eigenvalue weighted by Gasteiger charge is -2.08. The lowest BCUT2D eigenvalue weighted by molar-refractivity contribution is -0.114. The first kappa shape index (κ1) is 14.8. The number of amides is 2. The molecule has 0 aliphatic rings. The number of furan rings is 1. The molecule has 0 bridgehead atoms. The lowest BCUT2D eigenvalue weighted by atomic mass is 10.2. The van der Waals surface area contributed by atoms with Gasteiger partial charge in [0.15, 0.2) is 5.76 Å². The first-order valence-electron chi connectivity index (χ1n) is 6.90. The fourth-order valence-corrected chi connectivity index (χ4v) is 2.17. The van der Waals surface area contributed by atoms with E-state index in [4.69, 9.17) is 4.42 Å². The maximum atomic E-state index is 13.6. The molecule has 2 aromatic carbocycles. The fraction of sp³-hybridized carbons (Fsp3) is 0.0588. The second-order valence-electron chi connectivity index (χ2n) is 4.98. The molecule has 116 valence electrons. The number of hydrogen-bond donors (Lipinski definition) is 2. The average molecular weight is 312 g/mol. The summed E-state index contributed by atoms with van der Waals surface area (Å²) < 4.78 is 19.0. The Kier molecular flexibility index (Phi) is 3.80. The van der Waals surface area contributed by atoms with Crippen LogP contribution >= 0.6 is 0 Å². The van der Waals surface area contributed by atoms with Gasteiger partial charge in [-0.1, -0.05) is 18.2 Å². The Hall–Kier alpha value is -3.15. The van der Waals surface area contributed by atoms with Crippen LogP contribution in [0.2, 0.25) is 0 Å². The Morgan fingerprint density at radius 1 is 1.04 bits per heavy atom. The third-order valence-corrected chi connectivity index (χ3v) is 3.18. The van der Waals surface area contributed by atoms with Gasteiger partial charge in [-0.2, -0.15) is 0 Å². The van der Waals surface area contributed by atoms with Crippen LogP contribution < -0.4 is 10.6 Å². The van der Waals surface area contributed by atoms with Crippen LogP contribution in [0.15, 0.2) is 52.9 Å². The zero-order valence-electron chi connectivity index (χ0n) is 12.2. The van der Waals surface area contributed by atoms with E-state index >= 15 is 0 Å². The van der Waals surface area contributed by atoms with Crippen molar-refractivity contribution in [2.24, 2.45) is 0 Å². The first-order valence-corrected chi connectivity index (χ1v) is 6.90. The molecule has 6 heteroatoms. The van der Waals surface area contributed by atoms with E-state index in [1.54, 1.807) is 12.1 Å². The highest BCUT2D eigenvalue weighted by Crippen LogP contribution is 2.22. The maximum Gasteiger partial charge on any atom is 0.291 e. The summed E-state index contributed by atoms with van der Waals surface area (Å²) in [6, 6.07) is 12.8. The molecule has 0 saturated carbocycles. The minimum atomic E-state index is -0.582. The molecule has 0 spiro atoms. The van der Waals surface area contributed by atoms with Gasteiger partial charge in [0.05, 0.1) is 5.69 Å². The summed E-state index contributed by atoms with van der Waals surface area (Å²) in [7, 11) is 0. The zero-order valence-corrected chi connectivity index (χ0v) is 12.2. The molecule has 0 aliphatic carbocycles. The van der Waals surface area contributed by atoms with Crippen LogP contribution in [0.4, 0.5) is 15.8 Å².